The van der Waals surface area contributed by atoms with Gasteiger partial charge in [-0.25, -0.2) is 0 Å². The minimum Gasteiger partial charge on any atom is -0.0622 e. The smallest absolute Gasteiger partial charge is 0.0622 e. The maximum absolute atomic E-state index is 2.59. The van der Waals surface area contributed by atoms with Crippen LogP contribution in [0.4, 0.5) is 0 Å². The van der Waals surface area contributed by atoms with Crippen molar-refractivity contribution in [3.05, 3.63) is 191 Å². The van der Waals surface area contributed by atoms with Gasteiger partial charge in [-0.05, 0) is 131 Å². The fourth-order valence-electron chi connectivity index (χ4n) is 9.91. The summed E-state index contributed by atoms with van der Waals surface area (Å²) in [4.78, 5) is 0. The predicted octanol–water partition coefficient (Wildman–Crippen LogP) is 12.8. The average Bonchev–Trinajstić information content (AvgIpc) is 3.75. The van der Waals surface area contributed by atoms with Crippen LogP contribution in [-0.2, 0) is 5.41 Å². The van der Waals surface area contributed by atoms with E-state index in [1.807, 2.05) is 0 Å². The number of hydrogen-bond donors (Lipinski definition) is 0. The van der Waals surface area contributed by atoms with E-state index in [0.29, 0.717) is 0 Å². The molecule has 0 unspecified atom stereocenters. The lowest BCUT2D eigenvalue weighted by Gasteiger charge is -2.30. The highest BCUT2D eigenvalue weighted by molar-refractivity contribution is 6.24. The van der Waals surface area contributed by atoms with Crippen molar-refractivity contribution in [2.24, 2.45) is 0 Å². The second kappa shape index (κ2) is 9.56. The molecule has 1 spiro atoms. The molecule has 8 aromatic rings. The number of rotatable bonds is 2. The number of benzene rings is 8. The lowest BCUT2D eigenvalue weighted by Crippen LogP contribution is -2.25. The molecule has 228 valence electrons. The standard InChI is InChI=1S/C49H32/c1-29-14-12-15-30(2)44(29)48-32(31-16-4-3-5-17-31)26-27-35-39-28-43-46(37-21-13-22-38(45(37)39)47(35)48)36-20-8-11-25-42(36)49(43)40-23-9-6-18-33(40)34-19-7-10-24-41(34)49/h3-28H,1-2H3. The Kier molecular flexibility index (Phi) is 5.27. The minimum absolute atomic E-state index is 0.373. The Labute approximate surface area is 287 Å². The molecule has 0 radical (unpaired) electrons. The molecule has 0 N–H and O–H groups in total. The maximum atomic E-state index is 2.59. The second-order valence-corrected chi connectivity index (χ2v) is 14.0. The van der Waals surface area contributed by atoms with E-state index in [-0.39, 0.29) is 5.41 Å². The first-order chi connectivity index (χ1) is 24.2. The van der Waals surface area contributed by atoms with Gasteiger partial charge in [0.2, 0.25) is 0 Å². The van der Waals surface area contributed by atoms with Crippen LogP contribution in [0.15, 0.2) is 158 Å². The first-order valence-electron chi connectivity index (χ1n) is 17.4. The Balaban J connectivity index is 1.31. The van der Waals surface area contributed by atoms with Gasteiger partial charge in [-0.2, -0.15) is 0 Å². The van der Waals surface area contributed by atoms with E-state index in [2.05, 4.69) is 172 Å². The summed E-state index contributed by atoms with van der Waals surface area (Å²) in [6, 6.07) is 59.5. The molecule has 0 saturated carbocycles. The Morgan fingerprint density at radius 2 is 0.878 bits per heavy atom. The highest BCUT2D eigenvalue weighted by atomic mass is 14.5. The van der Waals surface area contributed by atoms with Crippen molar-refractivity contribution in [3.8, 4) is 66.8 Å². The largest absolute Gasteiger partial charge is 0.0725 e. The van der Waals surface area contributed by atoms with Crippen LogP contribution in [0.5, 0.6) is 0 Å². The molecule has 0 nitrogen and oxygen atoms in total. The summed E-state index contributed by atoms with van der Waals surface area (Å²) in [5.41, 5.74) is 23.8. The Morgan fingerprint density at radius 1 is 0.327 bits per heavy atom. The summed E-state index contributed by atoms with van der Waals surface area (Å²) in [7, 11) is 0. The van der Waals surface area contributed by atoms with Gasteiger partial charge in [-0.15, -0.1) is 0 Å². The number of aryl methyl sites for hydroxylation is 2. The predicted molar refractivity (Wildman–Crippen MR) is 205 cm³/mol. The van der Waals surface area contributed by atoms with E-state index >= 15 is 0 Å². The Bertz CT molecular complexity index is 2660. The second-order valence-electron chi connectivity index (χ2n) is 14.0. The summed E-state index contributed by atoms with van der Waals surface area (Å²) in [6.07, 6.45) is 0. The van der Waals surface area contributed by atoms with E-state index in [1.165, 1.54) is 111 Å². The molecule has 0 saturated heterocycles. The Hall–Kier alpha value is -5.98. The van der Waals surface area contributed by atoms with Crippen LogP contribution >= 0.6 is 0 Å². The van der Waals surface area contributed by atoms with Crippen LogP contribution in [0.3, 0.4) is 0 Å². The summed E-state index contributed by atoms with van der Waals surface area (Å²) >= 11 is 0. The van der Waals surface area contributed by atoms with Gasteiger partial charge in [0, 0.05) is 0 Å². The van der Waals surface area contributed by atoms with Crippen LogP contribution in [-0.4, -0.2) is 0 Å². The normalized spacial score (nSPS) is 13.7. The molecule has 8 aromatic carbocycles. The molecule has 3 aliphatic carbocycles. The first-order valence-corrected chi connectivity index (χ1v) is 17.4. The van der Waals surface area contributed by atoms with Crippen LogP contribution in [0.25, 0.3) is 77.5 Å². The molecule has 0 aliphatic heterocycles. The fourth-order valence-corrected chi connectivity index (χ4v) is 9.91. The fraction of sp³-hybridized carbons (Fsp3) is 0.0612. The summed E-state index contributed by atoms with van der Waals surface area (Å²) in [5, 5.41) is 2.72. The van der Waals surface area contributed by atoms with Gasteiger partial charge in [-0.3, -0.25) is 0 Å². The molecule has 0 amide bonds. The zero-order valence-corrected chi connectivity index (χ0v) is 27.5. The van der Waals surface area contributed by atoms with E-state index < -0.39 is 0 Å². The monoisotopic (exact) mass is 620 g/mol. The minimum atomic E-state index is -0.373. The van der Waals surface area contributed by atoms with Gasteiger partial charge >= 0.3 is 0 Å². The van der Waals surface area contributed by atoms with Crippen molar-refractivity contribution in [1.29, 1.82) is 0 Å². The Morgan fingerprint density at radius 3 is 1.57 bits per heavy atom. The quantitative estimate of drug-likeness (QED) is 0.180. The van der Waals surface area contributed by atoms with Crippen molar-refractivity contribution < 1.29 is 0 Å². The van der Waals surface area contributed by atoms with Crippen LogP contribution in [0, 0.1) is 13.8 Å². The SMILES string of the molecule is Cc1cccc(C)c1-c1c(-c2ccccc2)ccc2c1-c1cccc3c4c(cc-2c13)C1(c2ccccc2-c2ccccc21)c1ccccc1-4. The van der Waals surface area contributed by atoms with Crippen LogP contribution in [0.1, 0.15) is 33.4 Å². The molecule has 0 bridgehead atoms. The summed E-state index contributed by atoms with van der Waals surface area (Å²) < 4.78 is 0. The molecule has 0 heterocycles. The zero-order chi connectivity index (χ0) is 32.4. The van der Waals surface area contributed by atoms with Gasteiger partial charge in [0.15, 0.2) is 0 Å². The molecule has 0 heteroatoms. The van der Waals surface area contributed by atoms with Crippen molar-refractivity contribution in [2.45, 2.75) is 19.3 Å². The zero-order valence-electron chi connectivity index (χ0n) is 27.5. The van der Waals surface area contributed by atoms with E-state index in [1.54, 1.807) is 0 Å². The number of hydrogen-bond acceptors (Lipinski definition) is 0. The third-order valence-electron chi connectivity index (χ3n) is 11.7. The molecule has 49 heavy (non-hydrogen) atoms. The molecule has 0 aromatic heterocycles. The molecular formula is C49H32. The summed E-state index contributed by atoms with van der Waals surface area (Å²) in [6.45, 7) is 4.53. The van der Waals surface area contributed by atoms with E-state index in [0.717, 1.165) is 0 Å². The topological polar surface area (TPSA) is 0 Å². The molecule has 0 atom stereocenters. The highest BCUT2D eigenvalue weighted by Gasteiger charge is 2.52. The molecular weight excluding hydrogens is 589 g/mol. The van der Waals surface area contributed by atoms with Gasteiger partial charge in [0.25, 0.3) is 0 Å². The maximum Gasteiger partial charge on any atom is 0.0725 e. The average molecular weight is 621 g/mol. The van der Waals surface area contributed by atoms with Crippen molar-refractivity contribution in [2.75, 3.05) is 0 Å². The number of fused-ring (bicyclic) bond motifs is 14. The third kappa shape index (κ3) is 3.24. The highest BCUT2D eigenvalue weighted by Crippen LogP contribution is 2.66. The van der Waals surface area contributed by atoms with E-state index in [4.69, 9.17) is 0 Å². The molecule has 11 rings (SSSR count). The first kappa shape index (κ1) is 27.0. The van der Waals surface area contributed by atoms with Crippen molar-refractivity contribution in [1.82, 2.24) is 0 Å². The summed E-state index contributed by atoms with van der Waals surface area (Å²) in [5.74, 6) is 0. The van der Waals surface area contributed by atoms with Crippen molar-refractivity contribution >= 4 is 10.8 Å². The third-order valence-corrected chi connectivity index (χ3v) is 11.7. The molecule has 0 fully saturated rings. The van der Waals surface area contributed by atoms with Crippen molar-refractivity contribution in [3.63, 3.8) is 0 Å². The van der Waals surface area contributed by atoms with E-state index in [9.17, 15) is 0 Å². The lowest BCUT2D eigenvalue weighted by atomic mass is 9.70. The lowest BCUT2D eigenvalue weighted by molar-refractivity contribution is 0.795. The van der Waals surface area contributed by atoms with Gasteiger partial charge < -0.3 is 0 Å². The van der Waals surface area contributed by atoms with Gasteiger partial charge in [0.1, 0.15) is 0 Å². The van der Waals surface area contributed by atoms with Crippen LogP contribution < -0.4 is 0 Å². The van der Waals surface area contributed by atoms with Gasteiger partial charge in [0.05, 0.1) is 5.41 Å². The van der Waals surface area contributed by atoms with Gasteiger partial charge in [-0.1, -0.05) is 152 Å². The molecule has 3 aliphatic rings. The van der Waals surface area contributed by atoms with Crippen LogP contribution in [0.2, 0.25) is 0 Å².